The second kappa shape index (κ2) is 6.12. The highest BCUT2D eigenvalue weighted by atomic mass is 79.9. The van der Waals surface area contributed by atoms with Crippen LogP contribution in [-0.2, 0) is 4.74 Å². The lowest BCUT2D eigenvalue weighted by Gasteiger charge is -2.27. The third-order valence-corrected chi connectivity index (χ3v) is 3.43. The molecule has 1 aliphatic heterocycles. The molecule has 0 aliphatic carbocycles. The lowest BCUT2D eigenvalue weighted by atomic mass is 9.82. The summed E-state index contributed by atoms with van der Waals surface area (Å²) in [4.78, 5) is 17.8. The molecule has 2 heterocycles. The summed E-state index contributed by atoms with van der Waals surface area (Å²) >= 11 is 3.00. The van der Waals surface area contributed by atoms with Gasteiger partial charge in [0.1, 0.15) is 18.2 Å². The summed E-state index contributed by atoms with van der Waals surface area (Å²) in [5.41, 5.74) is 5.00. The number of pyridine rings is 1. The number of aliphatic hydroxyl groups is 1. The first-order valence-corrected chi connectivity index (χ1v) is 6.98. The SMILES string of the molecule is [B]C1(O)COCCN(C(=O)c2cc(N)c(C(=N)Br)cn2)C1. The van der Waals surface area contributed by atoms with Crippen LogP contribution in [0.4, 0.5) is 5.69 Å². The van der Waals surface area contributed by atoms with Crippen LogP contribution in [0, 0.1) is 5.41 Å². The number of nitrogens with one attached hydrogen (secondary N) is 1. The number of rotatable bonds is 2. The van der Waals surface area contributed by atoms with Gasteiger partial charge in [-0.2, -0.15) is 0 Å². The van der Waals surface area contributed by atoms with E-state index in [2.05, 4.69) is 20.9 Å². The molecular weight excluding hydrogens is 339 g/mol. The lowest BCUT2D eigenvalue weighted by Crippen LogP contribution is -2.47. The van der Waals surface area contributed by atoms with Gasteiger partial charge in [0.15, 0.2) is 0 Å². The molecule has 1 saturated heterocycles. The lowest BCUT2D eigenvalue weighted by molar-refractivity contribution is 0.0248. The Labute approximate surface area is 131 Å². The number of nitrogen functional groups attached to an aromatic ring is 1. The molecule has 1 fully saturated rings. The minimum absolute atomic E-state index is 0.0357. The maximum Gasteiger partial charge on any atom is 0.272 e. The normalized spacial score (nSPS) is 22.7. The number of nitrogens with zero attached hydrogens (tertiary/aromatic N) is 2. The number of hydrogen-bond acceptors (Lipinski definition) is 6. The molecule has 2 radical (unpaired) electrons. The molecular formula is C12H14BBrN4O3. The summed E-state index contributed by atoms with van der Waals surface area (Å²) < 4.78 is 5.24. The zero-order valence-electron chi connectivity index (χ0n) is 11.2. The van der Waals surface area contributed by atoms with Crippen LogP contribution in [0.15, 0.2) is 12.3 Å². The van der Waals surface area contributed by atoms with E-state index in [1.54, 1.807) is 0 Å². The maximum atomic E-state index is 12.4. The monoisotopic (exact) mass is 352 g/mol. The van der Waals surface area contributed by atoms with Crippen molar-refractivity contribution in [2.75, 3.05) is 32.0 Å². The molecule has 0 saturated carbocycles. The first kappa shape index (κ1) is 15.9. The largest absolute Gasteiger partial charge is 0.398 e. The van der Waals surface area contributed by atoms with Crippen molar-refractivity contribution >= 4 is 40.0 Å². The highest BCUT2D eigenvalue weighted by molar-refractivity contribution is 9.18. The molecule has 0 aromatic carbocycles. The maximum absolute atomic E-state index is 12.4. The van der Waals surface area contributed by atoms with Gasteiger partial charge in [-0.15, -0.1) is 0 Å². The van der Waals surface area contributed by atoms with Crippen molar-refractivity contribution in [2.45, 2.75) is 5.50 Å². The molecule has 21 heavy (non-hydrogen) atoms. The van der Waals surface area contributed by atoms with Crippen molar-refractivity contribution in [1.29, 1.82) is 5.41 Å². The Kier molecular flexibility index (Phi) is 4.65. The smallest absolute Gasteiger partial charge is 0.272 e. The number of halogens is 1. The molecule has 1 aromatic rings. The number of aromatic nitrogens is 1. The van der Waals surface area contributed by atoms with E-state index in [0.717, 1.165) is 0 Å². The predicted molar refractivity (Wildman–Crippen MR) is 81.8 cm³/mol. The average molecular weight is 353 g/mol. The molecule has 9 heteroatoms. The van der Waals surface area contributed by atoms with Crippen LogP contribution < -0.4 is 5.73 Å². The standard InChI is InChI=1S/C12H14BBrN4O3/c13-12(20)5-18(1-2-21-6-12)11(19)9-3-8(15)7(4-17-9)10(14)16/h3-4,16,20H,1-2,5-6H2,(H2,15,17). The number of carbonyl (C=O) groups excluding carboxylic acids is 1. The molecule has 4 N–H and O–H groups in total. The van der Waals surface area contributed by atoms with Crippen LogP contribution in [-0.4, -0.2) is 65.2 Å². The van der Waals surface area contributed by atoms with E-state index < -0.39 is 11.4 Å². The first-order chi connectivity index (χ1) is 9.80. The third kappa shape index (κ3) is 3.81. The van der Waals surface area contributed by atoms with Gasteiger partial charge in [-0.3, -0.25) is 15.2 Å². The minimum atomic E-state index is -1.59. The zero-order valence-corrected chi connectivity index (χ0v) is 12.8. The predicted octanol–water partition coefficient (Wildman–Crippen LogP) is -0.286. The van der Waals surface area contributed by atoms with Crippen molar-refractivity contribution in [2.24, 2.45) is 0 Å². The van der Waals surface area contributed by atoms with Crippen LogP contribution in [0.3, 0.4) is 0 Å². The Morgan fingerprint density at radius 3 is 3.00 bits per heavy atom. The van der Waals surface area contributed by atoms with Crippen LogP contribution in [0.2, 0.25) is 0 Å². The van der Waals surface area contributed by atoms with Gasteiger partial charge in [-0.05, 0) is 22.0 Å². The number of ether oxygens (including phenoxy) is 1. The topological polar surface area (TPSA) is 113 Å². The summed E-state index contributed by atoms with van der Waals surface area (Å²) in [6, 6.07) is 1.40. The molecule has 1 aliphatic rings. The molecule has 1 unspecified atom stereocenters. The van der Waals surface area contributed by atoms with Crippen molar-refractivity contribution in [3.05, 3.63) is 23.5 Å². The second-order valence-electron chi connectivity index (χ2n) is 4.85. The fourth-order valence-corrected chi connectivity index (χ4v) is 2.32. The van der Waals surface area contributed by atoms with Gasteiger partial charge in [0.05, 0.1) is 18.7 Å². The van der Waals surface area contributed by atoms with Gasteiger partial charge in [-0.25, -0.2) is 0 Å². The van der Waals surface area contributed by atoms with Gasteiger partial charge >= 0.3 is 0 Å². The summed E-state index contributed by atoms with van der Waals surface area (Å²) in [6.45, 7) is 0.496. The van der Waals surface area contributed by atoms with Crippen molar-refractivity contribution < 1.29 is 14.6 Å². The highest BCUT2D eigenvalue weighted by Gasteiger charge is 2.30. The van der Waals surface area contributed by atoms with E-state index in [1.165, 1.54) is 17.2 Å². The van der Waals surface area contributed by atoms with Crippen LogP contribution >= 0.6 is 15.9 Å². The fraction of sp³-hybridized carbons (Fsp3) is 0.417. The van der Waals surface area contributed by atoms with Gasteiger partial charge < -0.3 is 20.5 Å². The molecule has 0 bridgehead atoms. The molecule has 7 nitrogen and oxygen atoms in total. The minimum Gasteiger partial charge on any atom is -0.398 e. The molecule has 1 amide bonds. The fourth-order valence-electron chi connectivity index (χ4n) is 1.99. The number of nitrogens with two attached hydrogens (primary N) is 1. The number of anilines is 1. The Morgan fingerprint density at radius 2 is 2.38 bits per heavy atom. The average Bonchev–Trinajstić information content (AvgIpc) is 2.58. The zero-order chi connectivity index (χ0) is 15.6. The van der Waals surface area contributed by atoms with E-state index in [4.69, 9.17) is 23.7 Å². The second-order valence-corrected chi connectivity index (χ2v) is 5.65. The van der Waals surface area contributed by atoms with Crippen molar-refractivity contribution in [3.63, 3.8) is 0 Å². The van der Waals surface area contributed by atoms with Crippen LogP contribution in [0.1, 0.15) is 16.1 Å². The van der Waals surface area contributed by atoms with Crippen LogP contribution in [0.25, 0.3) is 0 Å². The quantitative estimate of drug-likeness (QED) is 0.500. The molecule has 0 spiro atoms. The van der Waals surface area contributed by atoms with E-state index in [0.29, 0.717) is 12.1 Å². The number of carbonyl (C=O) groups is 1. The van der Waals surface area contributed by atoms with E-state index in [1.807, 2.05) is 0 Å². The number of hydrogen-bond donors (Lipinski definition) is 3. The van der Waals surface area contributed by atoms with Gasteiger partial charge in [0, 0.05) is 30.5 Å². The highest BCUT2D eigenvalue weighted by Crippen LogP contribution is 2.17. The summed E-state index contributed by atoms with van der Waals surface area (Å²) in [5, 5.41) is 17.3. The number of β-amino-alcohol motifs (C(OH)–C–C–N with tert-alkyl or cyclic N) is 1. The van der Waals surface area contributed by atoms with E-state index in [-0.39, 0.29) is 35.8 Å². The Bertz CT molecular complexity index is 582. The Morgan fingerprint density at radius 1 is 1.67 bits per heavy atom. The van der Waals surface area contributed by atoms with E-state index >= 15 is 0 Å². The first-order valence-electron chi connectivity index (χ1n) is 6.18. The van der Waals surface area contributed by atoms with Gasteiger partial charge in [0.25, 0.3) is 5.91 Å². The summed E-state index contributed by atoms with van der Waals surface area (Å²) in [7, 11) is 5.64. The molecule has 1 aromatic heterocycles. The van der Waals surface area contributed by atoms with Crippen molar-refractivity contribution in [3.8, 4) is 0 Å². The number of amides is 1. The third-order valence-electron chi connectivity index (χ3n) is 3.00. The van der Waals surface area contributed by atoms with Gasteiger partial charge in [-0.1, -0.05) is 0 Å². The van der Waals surface area contributed by atoms with Crippen LogP contribution in [0.5, 0.6) is 0 Å². The molecule has 2 rings (SSSR count). The Hall–Kier alpha value is -1.45. The van der Waals surface area contributed by atoms with Crippen molar-refractivity contribution in [1.82, 2.24) is 9.88 Å². The van der Waals surface area contributed by atoms with Gasteiger partial charge in [0.2, 0.25) is 0 Å². The summed E-state index contributed by atoms with van der Waals surface area (Å²) in [6.07, 6.45) is 1.35. The Balaban J connectivity index is 2.23. The molecule has 110 valence electrons. The summed E-state index contributed by atoms with van der Waals surface area (Å²) in [5.74, 6) is -0.399. The molecule has 1 atom stereocenters. The van der Waals surface area contributed by atoms with E-state index in [9.17, 15) is 9.90 Å².